The Bertz CT molecular complexity index is 6040. The van der Waals surface area contributed by atoms with Gasteiger partial charge in [0.2, 0.25) is 0 Å². The van der Waals surface area contributed by atoms with Gasteiger partial charge < -0.3 is 40.2 Å². The van der Waals surface area contributed by atoms with Gasteiger partial charge in [0.1, 0.15) is 11.0 Å². The molecular formula is C108H88Ir6N9O6S-7. The van der Waals surface area contributed by atoms with E-state index in [-0.39, 0.29) is 155 Å². The molecule has 0 saturated heterocycles. The van der Waals surface area contributed by atoms with Gasteiger partial charge in [0.15, 0.2) is 17.3 Å². The Balaban J connectivity index is 0.000000306. The SMILES string of the molecule is CC(=O)C=C(C)O.CC(=O)C=C(C)O.CC(=O)C=C(C)O.Cc1cc[c-]c(-c2ccccn2)c1.[Ir].[Ir].[Ir].[Ir].[Ir].[Ir].[c-]1ccc2ccccc2c1-c1nc2ccccc2s1.[c-]1ccc2ccccc2c1-n1nc2ccccc2n1.[c-]1ccccc1-c1ccccn1.[c-]1ccccc1-c1ccccn1.[c-]1ccccc1-c1ccccn1.[c-]1ccccc1-c1nccc2ccccc12. The van der Waals surface area contributed by atoms with Crippen LogP contribution in [0.4, 0.5) is 0 Å². The summed E-state index contributed by atoms with van der Waals surface area (Å²) in [7, 11) is 0. The fraction of sp³-hybridized carbons (Fsp3) is 0.0648. The van der Waals surface area contributed by atoms with Crippen LogP contribution in [0.25, 0.3) is 126 Å². The predicted octanol–water partition coefficient (Wildman–Crippen LogP) is 25.6. The average molecular weight is 2790 g/mol. The summed E-state index contributed by atoms with van der Waals surface area (Å²) in [6.07, 6.45) is 12.5. The van der Waals surface area contributed by atoms with Crippen molar-refractivity contribution in [3.63, 3.8) is 0 Å². The van der Waals surface area contributed by atoms with Crippen LogP contribution in [-0.4, -0.2) is 77.6 Å². The van der Waals surface area contributed by atoms with Crippen LogP contribution in [0.2, 0.25) is 0 Å². The van der Waals surface area contributed by atoms with Crippen LogP contribution in [0.15, 0.2) is 406 Å². The second-order valence-corrected chi connectivity index (χ2v) is 28.2. The van der Waals surface area contributed by atoms with E-state index >= 15 is 0 Å². The average Bonchev–Trinajstić information content (AvgIpc) is 1.63. The molecule has 0 fully saturated rings. The Kier molecular flexibility index (Phi) is 51.5. The number of aryl methyl sites for hydroxylation is 1. The van der Waals surface area contributed by atoms with E-state index in [0.717, 1.165) is 99.9 Å². The summed E-state index contributed by atoms with van der Waals surface area (Å²) in [5, 5.41) is 42.2. The van der Waals surface area contributed by atoms with Crippen LogP contribution < -0.4 is 0 Å². The van der Waals surface area contributed by atoms with E-state index in [1.165, 1.54) is 91.6 Å². The first-order valence-corrected chi connectivity index (χ1v) is 40.2. The van der Waals surface area contributed by atoms with Crippen LogP contribution in [0.5, 0.6) is 0 Å². The molecule has 0 aliphatic rings. The number of nitrogens with zero attached hydrogens (tertiary/aromatic N) is 9. The van der Waals surface area contributed by atoms with Gasteiger partial charge in [-0.1, -0.05) is 152 Å². The third-order valence-corrected chi connectivity index (χ3v) is 18.2. The number of carbonyl (C=O) groups is 3. The molecule has 0 amide bonds. The first-order chi connectivity index (χ1) is 60.4. The maximum atomic E-state index is 10.0. The molecule has 668 valence electrons. The van der Waals surface area contributed by atoms with E-state index in [0.29, 0.717) is 0 Å². The van der Waals surface area contributed by atoms with Gasteiger partial charge in [0.05, 0.1) is 22.8 Å². The molecule has 22 heteroatoms. The quantitative estimate of drug-likeness (QED) is 0.0659. The monoisotopic (exact) mass is 2800 g/mol. The van der Waals surface area contributed by atoms with Gasteiger partial charge in [0.25, 0.3) is 0 Å². The van der Waals surface area contributed by atoms with Crippen molar-refractivity contribution in [2.75, 3.05) is 0 Å². The fourth-order valence-corrected chi connectivity index (χ4v) is 12.8. The number of rotatable bonds is 10. The van der Waals surface area contributed by atoms with Crippen LogP contribution in [-0.2, 0) is 135 Å². The Labute approximate surface area is 844 Å². The largest absolute Gasteiger partial charge is 0.512 e. The summed E-state index contributed by atoms with van der Waals surface area (Å²) in [5.74, 6) is -0.187. The molecule has 15 nitrogen and oxygen atoms in total. The van der Waals surface area contributed by atoms with Crippen LogP contribution in [0.1, 0.15) is 47.1 Å². The summed E-state index contributed by atoms with van der Waals surface area (Å²) < 4.78 is 1.22. The van der Waals surface area contributed by atoms with Gasteiger partial charge in [-0.3, -0.25) is 19.4 Å². The second kappa shape index (κ2) is 60.7. The number of pyridine rings is 5. The van der Waals surface area contributed by atoms with E-state index in [2.05, 4.69) is 163 Å². The first kappa shape index (κ1) is 110. The molecular weight excluding hydrogens is 2700 g/mol. The number of aromatic nitrogens is 9. The zero-order valence-electron chi connectivity index (χ0n) is 71.4. The Morgan fingerprint density at radius 2 is 0.662 bits per heavy atom. The molecule has 19 rings (SSSR count). The van der Waals surface area contributed by atoms with Crippen molar-refractivity contribution in [1.82, 2.24) is 44.9 Å². The van der Waals surface area contributed by atoms with E-state index in [1.54, 1.807) is 40.9 Å². The van der Waals surface area contributed by atoms with Gasteiger partial charge in [0, 0.05) is 180 Å². The van der Waals surface area contributed by atoms with Crippen molar-refractivity contribution in [3.8, 4) is 72.5 Å². The van der Waals surface area contributed by atoms with Gasteiger partial charge in [-0.2, -0.15) is 44.5 Å². The summed E-state index contributed by atoms with van der Waals surface area (Å²) >= 11 is 1.72. The number of hydrogen-bond acceptors (Lipinski definition) is 15. The predicted molar refractivity (Wildman–Crippen MR) is 503 cm³/mol. The van der Waals surface area contributed by atoms with Crippen molar-refractivity contribution in [1.29, 1.82) is 0 Å². The van der Waals surface area contributed by atoms with Gasteiger partial charge >= 0.3 is 0 Å². The number of hydrogen-bond donors (Lipinski definition) is 3. The molecule has 12 aromatic carbocycles. The molecule has 3 N–H and O–H groups in total. The minimum absolute atomic E-state index is 0. The molecule has 0 aliphatic carbocycles. The summed E-state index contributed by atoms with van der Waals surface area (Å²) in [6, 6.07) is 134. The zero-order valence-corrected chi connectivity index (χ0v) is 86.6. The first-order valence-electron chi connectivity index (χ1n) is 39.4. The Morgan fingerprint density at radius 3 is 1.05 bits per heavy atom. The molecule has 0 spiro atoms. The third-order valence-electron chi connectivity index (χ3n) is 17.1. The molecule has 6 radical (unpaired) electrons. The normalized spacial score (nSPS) is 10.1. The number of fused-ring (bicyclic) bond motifs is 5. The van der Waals surface area contributed by atoms with E-state index in [4.69, 9.17) is 20.3 Å². The van der Waals surface area contributed by atoms with E-state index in [9.17, 15) is 14.4 Å². The fourth-order valence-electron chi connectivity index (χ4n) is 11.8. The van der Waals surface area contributed by atoms with Gasteiger partial charge in [-0.25, -0.2) is 0 Å². The molecule has 0 saturated carbocycles. The summed E-state index contributed by atoms with van der Waals surface area (Å²) in [5.41, 5.74) is 16.2. The number of aliphatic hydroxyl groups is 3. The van der Waals surface area contributed by atoms with Crippen LogP contribution in [0.3, 0.4) is 0 Å². The minimum Gasteiger partial charge on any atom is -0.512 e. The van der Waals surface area contributed by atoms with Crippen molar-refractivity contribution < 1.29 is 150 Å². The molecule has 7 heterocycles. The van der Waals surface area contributed by atoms with Crippen molar-refractivity contribution in [2.45, 2.75) is 48.5 Å². The van der Waals surface area contributed by atoms with Crippen molar-refractivity contribution >= 4 is 82.3 Å². The zero-order chi connectivity index (χ0) is 87.5. The summed E-state index contributed by atoms with van der Waals surface area (Å²) in [4.78, 5) is 57.8. The molecule has 0 bridgehead atoms. The molecule has 7 aromatic heterocycles. The second-order valence-electron chi connectivity index (χ2n) is 27.1. The number of benzene rings is 12. The minimum atomic E-state index is -0.125. The molecule has 0 aliphatic heterocycles. The Hall–Kier alpha value is -12.0. The standard InChI is InChI=1S/C17H10NS.C16H10N3.C15H10N.C12H10N.3C11H8N.3C5H8O2.6Ir/c1-2-8-13-12(6-1)7-5-9-14(13)17-18-15-10-3-4-11-16(15)19-17;1-2-8-13-12(6-1)7-5-11-16(13)19-17-14-9-3-4-10-15(14)18-19;1-2-7-13(8-3-1)15-14-9-5-4-6-12(14)10-11-16-15;1-10-5-4-6-11(9-10)12-7-2-3-8-13-12;3*1-2-6-10(7-3-1)11-8-4-5-9-12-11;3*1-4(6)3-5(2)7;;;;;;/h1-8,10-11H;1-10H;1-7,9-11H;2-5,7-9H,1H3;3*1-6,8-9H;3*3,6H,1-2H3;;;;;;/q7*-1;;;;;;;;;. The molecule has 130 heavy (non-hydrogen) atoms. The molecule has 19 aromatic rings. The summed E-state index contributed by atoms with van der Waals surface area (Å²) in [6.45, 7) is 10.6. The number of para-hydroxylation sites is 1. The van der Waals surface area contributed by atoms with Gasteiger partial charge in [-0.05, 0) is 141 Å². The maximum absolute atomic E-state index is 10.0. The van der Waals surface area contributed by atoms with Crippen molar-refractivity contribution in [3.05, 3.63) is 454 Å². The number of ketones is 3. The van der Waals surface area contributed by atoms with E-state index < -0.39 is 0 Å². The maximum Gasteiger partial charge on any atom is 0.155 e. The number of allylic oxidation sites excluding steroid dienone is 6. The Morgan fingerprint density at radius 1 is 0.315 bits per heavy atom. The molecule has 0 unspecified atom stereocenters. The topological polar surface area (TPSA) is 220 Å². The number of carbonyl (C=O) groups excluding carboxylic acids is 3. The van der Waals surface area contributed by atoms with Gasteiger partial charge in [-0.15, -0.1) is 225 Å². The smallest absolute Gasteiger partial charge is 0.155 e. The number of aliphatic hydroxyl groups excluding tert-OH is 3. The number of thiazole rings is 1. The molecule has 0 atom stereocenters. The van der Waals surface area contributed by atoms with E-state index in [1.807, 2.05) is 267 Å². The third kappa shape index (κ3) is 37.2. The van der Waals surface area contributed by atoms with Crippen LogP contribution >= 0.6 is 11.3 Å². The van der Waals surface area contributed by atoms with Crippen molar-refractivity contribution in [2.24, 2.45) is 0 Å². The van der Waals surface area contributed by atoms with Crippen LogP contribution in [0, 0.1) is 49.4 Å².